The van der Waals surface area contributed by atoms with Crippen molar-refractivity contribution in [3.63, 3.8) is 0 Å². The summed E-state index contributed by atoms with van der Waals surface area (Å²) in [4.78, 5) is 16.7. The Morgan fingerprint density at radius 3 is 2.69 bits per heavy atom. The van der Waals surface area contributed by atoms with Gasteiger partial charge in [0.15, 0.2) is 5.13 Å². The summed E-state index contributed by atoms with van der Waals surface area (Å²) in [6.07, 6.45) is 0. The molecule has 0 atom stereocenters. The third-order valence-corrected chi connectivity index (χ3v) is 3.67. The van der Waals surface area contributed by atoms with Crippen LogP contribution in [0.25, 0.3) is 0 Å². The van der Waals surface area contributed by atoms with E-state index in [1.54, 1.807) is 5.38 Å². The standard InChI is InChI=1S/C8H11ClN2O3S2/c1-3-11(6(2)12)8-10-7(4-15-8)5-16(9,13)14/h4H,3,5H2,1-2H3. The lowest BCUT2D eigenvalue weighted by Crippen LogP contribution is -2.27. The zero-order valence-electron chi connectivity index (χ0n) is 8.81. The second-order valence-electron chi connectivity index (χ2n) is 3.07. The lowest BCUT2D eigenvalue weighted by molar-refractivity contribution is -0.116. The van der Waals surface area contributed by atoms with E-state index in [4.69, 9.17) is 10.7 Å². The van der Waals surface area contributed by atoms with Crippen LogP contribution in [0, 0.1) is 0 Å². The van der Waals surface area contributed by atoms with Gasteiger partial charge in [0.05, 0.1) is 5.69 Å². The molecule has 0 saturated heterocycles. The molecule has 0 aliphatic heterocycles. The average molecular weight is 283 g/mol. The Labute approximate surface area is 102 Å². The second-order valence-corrected chi connectivity index (χ2v) is 6.68. The zero-order valence-corrected chi connectivity index (χ0v) is 11.2. The van der Waals surface area contributed by atoms with E-state index in [2.05, 4.69) is 4.98 Å². The zero-order chi connectivity index (χ0) is 12.3. The molecule has 0 fully saturated rings. The van der Waals surface area contributed by atoms with E-state index in [0.29, 0.717) is 17.4 Å². The van der Waals surface area contributed by atoms with Gasteiger partial charge in [-0.3, -0.25) is 9.69 Å². The van der Waals surface area contributed by atoms with Crippen molar-refractivity contribution in [1.29, 1.82) is 0 Å². The van der Waals surface area contributed by atoms with Crippen molar-refractivity contribution in [3.05, 3.63) is 11.1 Å². The number of thiazole rings is 1. The number of hydrogen-bond acceptors (Lipinski definition) is 5. The summed E-state index contributed by atoms with van der Waals surface area (Å²) in [5.41, 5.74) is 0.356. The number of hydrogen-bond donors (Lipinski definition) is 0. The fraction of sp³-hybridized carbons (Fsp3) is 0.500. The molecule has 8 heteroatoms. The number of nitrogens with zero attached hydrogens (tertiary/aromatic N) is 2. The highest BCUT2D eigenvalue weighted by atomic mass is 35.7. The van der Waals surface area contributed by atoms with Crippen LogP contribution in [-0.4, -0.2) is 25.9 Å². The molecule has 0 aliphatic carbocycles. The van der Waals surface area contributed by atoms with E-state index in [1.165, 1.54) is 23.2 Å². The maximum Gasteiger partial charge on any atom is 0.238 e. The average Bonchev–Trinajstić information content (AvgIpc) is 2.50. The molecular formula is C8H11ClN2O3S2. The van der Waals surface area contributed by atoms with Gasteiger partial charge in [-0.05, 0) is 6.92 Å². The predicted molar refractivity (Wildman–Crippen MR) is 64.3 cm³/mol. The van der Waals surface area contributed by atoms with E-state index >= 15 is 0 Å². The van der Waals surface area contributed by atoms with Gasteiger partial charge in [-0.15, -0.1) is 11.3 Å². The molecule has 0 spiro atoms. The Hall–Kier alpha value is -0.660. The van der Waals surface area contributed by atoms with Gasteiger partial charge in [-0.2, -0.15) is 0 Å². The molecule has 1 heterocycles. The van der Waals surface area contributed by atoms with Gasteiger partial charge in [0.2, 0.25) is 15.0 Å². The Kier molecular flexibility index (Phi) is 4.28. The molecule has 1 rings (SSSR count). The van der Waals surface area contributed by atoms with Gasteiger partial charge in [0.1, 0.15) is 5.75 Å². The minimum atomic E-state index is -3.60. The highest BCUT2D eigenvalue weighted by molar-refractivity contribution is 8.13. The van der Waals surface area contributed by atoms with Gasteiger partial charge in [-0.25, -0.2) is 13.4 Å². The Morgan fingerprint density at radius 1 is 1.62 bits per heavy atom. The van der Waals surface area contributed by atoms with Crippen LogP contribution in [0.5, 0.6) is 0 Å². The van der Waals surface area contributed by atoms with Gasteiger partial charge in [-0.1, -0.05) is 0 Å². The van der Waals surface area contributed by atoms with Crippen molar-refractivity contribution >= 4 is 42.1 Å². The second kappa shape index (κ2) is 5.11. The van der Waals surface area contributed by atoms with Crippen LogP contribution in [0.1, 0.15) is 19.5 Å². The first-order valence-electron chi connectivity index (χ1n) is 4.48. The van der Waals surface area contributed by atoms with E-state index < -0.39 is 9.05 Å². The van der Waals surface area contributed by atoms with E-state index in [9.17, 15) is 13.2 Å². The molecule has 1 aromatic heterocycles. The number of halogens is 1. The molecule has 16 heavy (non-hydrogen) atoms. The van der Waals surface area contributed by atoms with Crippen molar-refractivity contribution in [1.82, 2.24) is 4.98 Å². The summed E-state index contributed by atoms with van der Waals surface area (Å²) in [6.45, 7) is 3.75. The van der Waals surface area contributed by atoms with Gasteiger partial charge in [0.25, 0.3) is 0 Å². The van der Waals surface area contributed by atoms with Crippen LogP contribution in [0.4, 0.5) is 5.13 Å². The number of carbonyl (C=O) groups excluding carboxylic acids is 1. The topological polar surface area (TPSA) is 67.3 Å². The summed E-state index contributed by atoms with van der Waals surface area (Å²) in [5, 5.41) is 2.08. The minimum absolute atomic E-state index is 0.128. The van der Waals surface area contributed by atoms with E-state index in [0.717, 1.165) is 0 Å². The number of amides is 1. The largest absolute Gasteiger partial charge is 0.289 e. The van der Waals surface area contributed by atoms with Crippen molar-refractivity contribution in [2.45, 2.75) is 19.6 Å². The number of rotatable bonds is 4. The van der Waals surface area contributed by atoms with Crippen molar-refractivity contribution < 1.29 is 13.2 Å². The monoisotopic (exact) mass is 282 g/mol. The van der Waals surface area contributed by atoms with Gasteiger partial charge >= 0.3 is 0 Å². The lowest BCUT2D eigenvalue weighted by Gasteiger charge is -2.14. The van der Waals surface area contributed by atoms with E-state index in [1.807, 2.05) is 6.92 Å². The Balaban J connectivity index is 2.90. The molecule has 0 aromatic carbocycles. The molecule has 0 unspecified atom stereocenters. The van der Waals surface area contributed by atoms with Crippen molar-refractivity contribution in [2.24, 2.45) is 0 Å². The highest BCUT2D eigenvalue weighted by Gasteiger charge is 2.16. The van der Waals surface area contributed by atoms with Crippen LogP contribution >= 0.6 is 22.0 Å². The lowest BCUT2D eigenvalue weighted by atomic mass is 10.5. The first-order chi connectivity index (χ1) is 7.33. The first-order valence-corrected chi connectivity index (χ1v) is 7.84. The SMILES string of the molecule is CCN(C(C)=O)c1nc(CS(=O)(=O)Cl)cs1. The quantitative estimate of drug-likeness (QED) is 0.787. The van der Waals surface area contributed by atoms with Crippen LogP contribution in [-0.2, 0) is 19.6 Å². The van der Waals surface area contributed by atoms with Crippen LogP contribution in [0.15, 0.2) is 5.38 Å². The van der Waals surface area contributed by atoms with Crippen LogP contribution in [0.2, 0.25) is 0 Å². The Bertz CT molecular complexity index is 483. The number of anilines is 1. The van der Waals surface area contributed by atoms with Gasteiger partial charge < -0.3 is 0 Å². The van der Waals surface area contributed by atoms with E-state index in [-0.39, 0.29) is 11.7 Å². The maximum absolute atomic E-state index is 11.2. The number of aromatic nitrogens is 1. The fourth-order valence-electron chi connectivity index (χ4n) is 1.16. The predicted octanol–water partition coefficient (Wildman–Crippen LogP) is 1.58. The number of carbonyl (C=O) groups is 1. The van der Waals surface area contributed by atoms with Crippen LogP contribution < -0.4 is 4.90 Å². The molecule has 5 nitrogen and oxygen atoms in total. The molecular weight excluding hydrogens is 272 g/mol. The first kappa shape index (κ1) is 13.4. The molecule has 0 radical (unpaired) electrons. The third kappa shape index (κ3) is 3.73. The van der Waals surface area contributed by atoms with Crippen LogP contribution in [0.3, 0.4) is 0 Å². The normalized spacial score (nSPS) is 11.4. The highest BCUT2D eigenvalue weighted by Crippen LogP contribution is 2.22. The molecule has 0 aliphatic rings. The van der Waals surface area contributed by atoms with Gasteiger partial charge in [0, 0.05) is 29.5 Å². The Morgan fingerprint density at radius 2 is 2.25 bits per heavy atom. The molecule has 0 N–H and O–H groups in total. The summed E-state index contributed by atoms with van der Waals surface area (Å²) in [6, 6.07) is 0. The molecule has 0 saturated carbocycles. The fourth-order valence-corrected chi connectivity index (χ4v) is 3.03. The maximum atomic E-state index is 11.2. The smallest absolute Gasteiger partial charge is 0.238 e. The molecule has 1 aromatic rings. The summed E-state index contributed by atoms with van der Waals surface area (Å²) < 4.78 is 21.7. The minimum Gasteiger partial charge on any atom is -0.289 e. The van der Waals surface area contributed by atoms with Crippen molar-refractivity contribution in [3.8, 4) is 0 Å². The third-order valence-electron chi connectivity index (χ3n) is 1.79. The molecule has 0 bridgehead atoms. The summed E-state index contributed by atoms with van der Waals surface area (Å²) >= 11 is 1.22. The summed E-state index contributed by atoms with van der Waals surface area (Å²) in [5.74, 6) is -0.447. The molecule has 1 amide bonds. The molecule has 90 valence electrons. The summed E-state index contributed by atoms with van der Waals surface area (Å²) in [7, 11) is 1.51. The van der Waals surface area contributed by atoms with Crippen molar-refractivity contribution in [2.75, 3.05) is 11.4 Å².